The molecule has 1 amide bonds. The summed E-state index contributed by atoms with van der Waals surface area (Å²) in [4.78, 5) is 12.4. The van der Waals surface area contributed by atoms with Gasteiger partial charge in [0.25, 0.3) is 5.91 Å². The monoisotopic (exact) mass is 304 g/mol. The fraction of sp³-hybridized carbons (Fsp3) is 0.412. The number of rotatable bonds is 5. The van der Waals surface area contributed by atoms with Crippen LogP contribution in [0.15, 0.2) is 28.8 Å². The molecule has 4 nitrogen and oxygen atoms in total. The largest absolute Gasteiger partial charge is 0.360 e. The van der Waals surface area contributed by atoms with Crippen LogP contribution in [-0.4, -0.2) is 17.1 Å². The highest BCUT2D eigenvalue weighted by molar-refractivity contribution is 5.96. The third-order valence-corrected chi connectivity index (χ3v) is 3.50. The van der Waals surface area contributed by atoms with Crippen LogP contribution in [0, 0.1) is 12.7 Å². The number of aryl methyl sites for hydroxylation is 1. The van der Waals surface area contributed by atoms with Gasteiger partial charge in [-0.2, -0.15) is 0 Å². The summed E-state index contributed by atoms with van der Waals surface area (Å²) in [5.41, 5.74) is 1.64. The Hall–Kier alpha value is -2.17. The molecule has 1 heterocycles. The lowest BCUT2D eigenvalue weighted by atomic mass is 10.0. The Morgan fingerprint density at radius 2 is 2.00 bits per heavy atom. The number of halogens is 1. The molecule has 0 aliphatic heterocycles. The minimum Gasteiger partial charge on any atom is -0.360 e. The number of benzene rings is 1. The van der Waals surface area contributed by atoms with Crippen molar-refractivity contribution in [1.82, 2.24) is 10.5 Å². The predicted molar refractivity (Wildman–Crippen MR) is 82.4 cm³/mol. The van der Waals surface area contributed by atoms with E-state index in [1.807, 2.05) is 20.8 Å². The Morgan fingerprint density at radius 1 is 1.32 bits per heavy atom. The van der Waals surface area contributed by atoms with Crippen LogP contribution in [0.25, 0.3) is 0 Å². The van der Waals surface area contributed by atoms with Gasteiger partial charge in [-0.15, -0.1) is 0 Å². The van der Waals surface area contributed by atoms with Crippen LogP contribution < -0.4 is 5.32 Å². The topological polar surface area (TPSA) is 55.1 Å². The van der Waals surface area contributed by atoms with Gasteiger partial charge in [0.1, 0.15) is 11.4 Å². The summed E-state index contributed by atoms with van der Waals surface area (Å²) < 4.78 is 18.9. The Balaban J connectivity index is 2.09. The molecule has 1 aromatic carbocycles. The van der Waals surface area contributed by atoms with E-state index < -0.39 is 0 Å². The molecule has 1 N–H and O–H groups in total. The zero-order chi connectivity index (χ0) is 16.3. The molecule has 0 fully saturated rings. The third-order valence-electron chi connectivity index (χ3n) is 3.50. The van der Waals surface area contributed by atoms with E-state index in [4.69, 9.17) is 4.52 Å². The van der Waals surface area contributed by atoms with E-state index in [0.29, 0.717) is 29.0 Å². The van der Waals surface area contributed by atoms with E-state index in [1.165, 1.54) is 6.07 Å². The second kappa shape index (κ2) is 6.73. The van der Waals surface area contributed by atoms with Gasteiger partial charge in [0, 0.05) is 12.0 Å². The summed E-state index contributed by atoms with van der Waals surface area (Å²) in [5, 5.41) is 6.76. The molecule has 2 aromatic rings. The molecule has 0 radical (unpaired) electrons. The van der Waals surface area contributed by atoms with Gasteiger partial charge >= 0.3 is 0 Å². The maximum atomic E-state index is 13.7. The number of nitrogens with one attached hydrogen (secondary N) is 1. The zero-order valence-electron chi connectivity index (χ0n) is 13.3. The van der Waals surface area contributed by atoms with Crippen LogP contribution in [0.5, 0.6) is 0 Å². The van der Waals surface area contributed by atoms with E-state index in [-0.39, 0.29) is 23.7 Å². The van der Waals surface area contributed by atoms with Crippen LogP contribution in [-0.2, 0) is 6.42 Å². The SMILES string of the molecule is Cc1noc(C(C)C)c1C(=O)N[C@H](C)Cc1ccccc1F. The molecule has 0 aliphatic rings. The zero-order valence-corrected chi connectivity index (χ0v) is 13.3. The maximum Gasteiger partial charge on any atom is 0.257 e. The van der Waals surface area contributed by atoms with Crippen molar-refractivity contribution in [3.8, 4) is 0 Å². The first-order chi connectivity index (χ1) is 10.4. The summed E-state index contributed by atoms with van der Waals surface area (Å²) >= 11 is 0. The quantitative estimate of drug-likeness (QED) is 0.918. The smallest absolute Gasteiger partial charge is 0.257 e. The number of hydrogen-bond acceptors (Lipinski definition) is 3. The first-order valence-electron chi connectivity index (χ1n) is 7.40. The molecular formula is C17H21FN2O2. The molecular weight excluding hydrogens is 283 g/mol. The molecule has 0 saturated carbocycles. The molecule has 0 bridgehead atoms. The first-order valence-corrected chi connectivity index (χ1v) is 7.40. The lowest BCUT2D eigenvalue weighted by Gasteiger charge is -2.15. The standard InChI is InChI=1S/C17H21FN2O2/c1-10(2)16-15(12(4)20-22-16)17(21)19-11(3)9-13-7-5-6-8-14(13)18/h5-8,10-11H,9H2,1-4H3,(H,19,21)/t11-/m1/s1. The summed E-state index contributed by atoms with van der Waals surface area (Å²) in [6.45, 7) is 7.48. The molecule has 0 aliphatic carbocycles. The highest BCUT2D eigenvalue weighted by Crippen LogP contribution is 2.22. The highest BCUT2D eigenvalue weighted by atomic mass is 19.1. The summed E-state index contributed by atoms with van der Waals surface area (Å²) in [6.07, 6.45) is 0.430. The van der Waals surface area contributed by atoms with Gasteiger partial charge in [-0.1, -0.05) is 37.2 Å². The van der Waals surface area contributed by atoms with E-state index in [9.17, 15) is 9.18 Å². The summed E-state index contributed by atoms with van der Waals surface area (Å²) in [6, 6.07) is 6.39. The first kappa shape index (κ1) is 16.2. The van der Waals surface area contributed by atoms with E-state index in [0.717, 1.165) is 0 Å². The molecule has 0 unspecified atom stereocenters. The van der Waals surface area contributed by atoms with Crippen molar-refractivity contribution in [2.75, 3.05) is 0 Å². The van der Waals surface area contributed by atoms with Crippen molar-refractivity contribution in [2.24, 2.45) is 0 Å². The van der Waals surface area contributed by atoms with Gasteiger partial charge < -0.3 is 9.84 Å². The van der Waals surface area contributed by atoms with E-state index in [1.54, 1.807) is 25.1 Å². The molecule has 118 valence electrons. The Bertz CT molecular complexity index is 664. The molecule has 1 atom stereocenters. The maximum absolute atomic E-state index is 13.7. The number of nitrogens with zero attached hydrogens (tertiary/aromatic N) is 1. The second-order valence-corrected chi connectivity index (χ2v) is 5.83. The third kappa shape index (κ3) is 3.53. The summed E-state index contributed by atoms with van der Waals surface area (Å²) in [5.74, 6) is 0.163. The average molecular weight is 304 g/mol. The number of carbonyl (C=O) groups is 1. The van der Waals surface area contributed by atoms with Gasteiger partial charge in [-0.25, -0.2) is 4.39 Å². The van der Waals surface area contributed by atoms with Crippen LogP contribution in [0.2, 0.25) is 0 Å². The van der Waals surface area contributed by atoms with Crippen molar-refractivity contribution in [1.29, 1.82) is 0 Å². The predicted octanol–water partition coefficient (Wildman–Crippen LogP) is 3.61. The van der Waals surface area contributed by atoms with Gasteiger partial charge in [0.15, 0.2) is 5.76 Å². The minimum absolute atomic E-state index is 0.0730. The van der Waals surface area contributed by atoms with Crippen LogP contribution in [0.3, 0.4) is 0 Å². The average Bonchev–Trinajstić information content (AvgIpc) is 2.83. The lowest BCUT2D eigenvalue weighted by molar-refractivity contribution is 0.0937. The van der Waals surface area contributed by atoms with E-state index in [2.05, 4.69) is 10.5 Å². The van der Waals surface area contributed by atoms with Gasteiger partial charge in [0.05, 0.1) is 5.69 Å². The van der Waals surface area contributed by atoms with E-state index >= 15 is 0 Å². The number of hydrogen-bond donors (Lipinski definition) is 1. The van der Waals surface area contributed by atoms with Gasteiger partial charge in [-0.3, -0.25) is 4.79 Å². The number of carbonyl (C=O) groups excluding carboxylic acids is 1. The van der Waals surface area contributed by atoms with Gasteiger partial charge in [-0.05, 0) is 31.9 Å². The van der Waals surface area contributed by atoms with Crippen molar-refractivity contribution in [3.63, 3.8) is 0 Å². The molecule has 0 saturated heterocycles. The van der Waals surface area contributed by atoms with Crippen molar-refractivity contribution < 1.29 is 13.7 Å². The molecule has 5 heteroatoms. The minimum atomic E-state index is -0.257. The van der Waals surface area contributed by atoms with Crippen LogP contribution in [0.4, 0.5) is 4.39 Å². The molecule has 0 spiro atoms. The Labute approximate surface area is 129 Å². The van der Waals surface area contributed by atoms with Crippen molar-refractivity contribution >= 4 is 5.91 Å². The van der Waals surface area contributed by atoms with Gasteiger partial charge in [0.2, 0.25) is 0 Å². The normalized spacial score (nSPS) is 12.5. The number of amides is 1. The molecule has 2 rings (SSSR count). The lowest BCUT2D eigenvalue weighted by Crippen LogP contribution is -2.35. The molecule has 1 aromatic heterocycles. The van der Waals surface area contributed by atoms with Crippen LogP contribution >= 0.6 is 0 Å². The van der Waals surface area contributed by atoms with Crippen molar-refractivity contribution in [2.45, 2.75) is 46.1 Å². The fourth-order valence-corrected chi connectivity index (χ4v) is 2.40. The highest BCUT2D eigenvalue weighted by Gasteiger charge is 2.23. The second-order valence-electron chi connectivity index (χ2n) is 5.83. The molecule has 22 heavy (non-hydrogen) atoms. The number of aromatic nitrogens is 1. The van der Waals surface area contributed by atoms with Crippen molar-refractivity contribution in [3.05, 3.63) is 52.7 Å². The Morgan fingerprint density at radius 3 is 2.64 bits per heavy atom. The Kier molecular flexibility index (Phi) is 4.96. The summed E-state index contributed by atoms with van der Waals surface area (Å²) in [7, 11) is 0. The van der Waals surface area contributed by atoms with Crippen LogP contribution in [0.1, 0.15) is 54.1 Å². The fourth-order valence-electron chi connectivity index (χ4n) is 2.40.